The van der Waals surface area contributed by atoms with Crippen LogP contribution in [-0.4, -0.2) is 27.0 Å². The Kier molecular flexibility index (Phi) is 3.96. The number of ether oxygens (including phenoxy) is 1. The molecule has 0 saturated heterocycles. The Hall–Kier alpha value is -0.613. The largest absolute Gasteiger partial charge is 0.456 e. The number of hydrogen-bond acceptors (Lipinski definition) is 3. The quantitative estimate of drug-likeness (QED) is 0.564. The van der Waals surface area contributed by atoms with E-state index >= 15 is 0 Å². The molecule has 4 heteroatoms. The Balaban J connectivity index is 2.46. The highest BCUT2D eigenvalue weighted by atomic mass is 28.4. The van der Waals surface area contributed by atoms with Gasteiger partial charge in [-0.15, -0.1) is 0 Å². The molecule has 0 spiro atoms. The summed E-state index contributed by atoms with van der Waals surface area (Å²) in [4.78, 5) is 11.0. The van der Waals surface area contributed by atoms with Gasteiger partial charge in [0.1, 0.15) is 6.10 Å². The van der Waals surface area contributed by atoms with Crippen LogP contribution in [0.15, 0.2) is 12.2 Å². The summed E-state index contributed by atoms with van der Waals surface area (Å²) in [6.07, 6.45) is 3.99. The van der Waals surface area contributed by atoms with Crippen LogP contribution in [0.4, 0.5) is 0 Å². The molecule has 16 heavy (non-hydrogen) atoms. The summed E-state index contributed by atoms with van der Waals surface area (Å²) in [5.41, 5.74) is 0. The van der Waals surface area contributed by atoms with E-state index in [4.69, 9.17) is 9.16 Å². The Morgan fingerprint density at radius 2 is 2.12 bits per heavy atom. The molecular formula is C12H22O3Si. The third-order valence-corrected chi connectivity index (χ3v) is 7.87. The molecule has 1 atom stereocenters. The van der Waals surface area contributed by atoms with Crippen LogP contribution >= 0.6 is 0 Å². The monoisotopic (exact) mass is 242 g/mol. The summed E-state index contributed by atoms with van der Waals surface area (Å²) >= 11 is 0. The predicted molar refractivity (Wildman–Crippen MR) is 66.8 cm³/mol. The van der Waals surface area contributed by atoms with Crippen molar-refractivity contribution in [1.82, 2.24) is 0 Å². The van der Waals surface area contributed by atoms with E-state index in [1.165, 1.54) is 6.08 Å². The third-order valence-electron chi connectivity index (χ3n) is 3.37. The SMILES string of the molecule is CC(C)(C)[Si](C)(C)OC[C@@H]1CC=CC(=O)O1. The second-order valence-electron chi connectivity index (χ2n) is 5.77. The average Bonchev–Trinajstić information content (AvgIpc) is 2.13. The highest BCUT2D eigenvalue weighted by Gasteiger charge is 2.37. The minimum Gasteiger partial charge on any atom is -0.456 e. The van der Waals surface area contributed by atoms with Crippen LogP contribution in [0.1, 0.15) is 27.2 Å². The Morgan fingerprint density at radius 3 is 2.62 bits per heavy atom. The van der Waals surface area contributed by atoms with Gasteiger partial charge in [-0.2, -0.15) is 0 Å². The van der Waals surface area contributed by atoms with Gasteiger partial charge in [0, 0.05) is 12.5 Å². The first-order valence-corrected chi connectivity index (χ1v) is 8.64. The number of esters is 1. The average molecular weight is 242 g/mol. The third kappa shape index (κ3) is 3.45. The summed E-state index contributed by atoms with van der Waals surface area (Å²) < 4.78 is 11.2. The Labute approximate surface area is 99.0 Å². The van der Waals surface area contributed by atoms with E-state index in [-0.39, 0.29) is 17.1 Å². The van der Waals surface area contributed by atoms with Gasteiger partial charge in [0.15, 0.2) is 8.32 Å². The maximum atomic E-state index is 11.0. The number of carbonyl (C=O) groups excluding carboxylic acids is 1. The van der Waals surface area contributed by atoms with Crippen molar-refractivity contribution in [1.29, 1.82) is 0 Å². The topological polar surface area (TPSA) is 35.5 Å². The highest BCUT2D eigenvalue weighted by Crippen LogP contribution is 2.36. The zero-order valence-electron chi connectivity index (χ0n) is 10.9. The van der Waals surface area contributed by atoms with Crippen molar-refractivity contribution < 1.29 is 14.0 Å². The zero-order chi connectivity index (χ0) is 12.4. The van der Waals surface area contributed by atoms with Gasteiger partial charge in [-0.3, -0.25) is 0 Å². The van der Waals surface area contributed by atoms with Crippen LogP contribution in [-0.2, 0) is 14.0 Å². The molecule has 1 aliphatic rings. The van der Waals surface area contributed by atoms with E-state index in [1.54, 1.807) is 0 Å². The minimum absolute atomic E-state index is 0.105. The van der Waals surface area contributed by atoms with Crippen molar-refractivity contribution >= 4 is 14.3 Å². The zero-order valence-corrected chi connectivity index (χ0v) is 11.9. The molecule has 0 unspecified atom stereocenters. The van der Waals surface area contributed by atoms with Crippen molar-refractivity contribution in [3.8, 4) is 0 Å². The van der Waals surface area contributed by atoms with Crippen LogP contribution in [0.3, 0.4) is 0 Å². The lowest BCUT2D eigenvalue weighted by molar-refractivity contribution is -0.145. The summed E-state index contributed by atoms with van der Waals surface area (Å²) in [5.74, 6) is -0.255. The molecule has 0 fully saturated rings. The fourth-order valence-corrected chi connectivity index (χ4v) is 2.22. The van der Waals surface area contributed by atoms with Crippen LogP contribution in [0.25, 0.3) is 0 Å². The first-order valence-electron chi connectivity index (χ1n) is 5.73. The van der Waals surface area contributed by atoms with Crippen LogP contribution in [0.2, 0.25) is 18.1 Å². The molecule has 1 heterocycles. The first kappa shape index (κ1) is 13.5. The predicted octanol–water partition coefficient (Wildman–Crippen LogP) is 2.88. The van der Waals surface area contributed by atoms with E-state index in [0.717, 1.165) is 6.42 Å². The Bertz CT molecular complexity index is 289. The van der Waals surface area contributed by atoms with E-state index < -0.39 is 8.32 Å². The van der Waals surface area contributed by atoms with Crippen molar-refractivity contribution in [2.24, 2.45) is 0 Å². The van der Waals surface area contributed by atoms with E-state index in [9.17, 15) is 4.79 Å². The lowest BCUT2D eigenvalue weighted by Gasteiger charge is -2.37. The lowest BCUT2D eigenvalue weighted by Crippen LogP contribution is -2.43. The molecule has 3 nitrogen and oxygen atoms in total. The second-order valence-corrected chi connectivity index (χ2v) is 10.6. The molecule has 0 aromatic carbocycles. The van der Waals surface area contributed by atoms with Crippen LogP contribution in [0, 0.1) is 0 Å². The van der Waals surface area contributed by atoms with Gasteiger partial charge in [0.25, 0.3) is 0 Å². The van der Waals surface area contributed by atoms with Gasteiger partial charge in [-0.1, -0.05) is 26.8 Å². The van der Waals surface area contributed by atoms with Crippen molar-refractivity contribution in [3.63, 3.8) is 0 Å². The van der Waals surface area contributed by atoms with Gasteiger partial charge >= 0.3 is 5.97 Å². The maximum Gasteiger partial charge on any atom is 0.330 e. The van der Waals surface area contributed by atoms with Crippen LogP contribution < -0.4 is 0 Å². The summed E-state index contributed by atoms with van der Waals surface area (Å²) in [6, 6.07) is 0. The molecular weight excluding hydrogens is 220 g/mol. The molecule has 0 N–H and O–H groups in total. The van der Waals surface area contributed by atoms with Gasteiger partial charge in [-0.25, -0.2) is 4.79 Å². The molecule has 0 radical (unpaired) electrons. The number of rotatable bonds is 3. The van der Waals surface area contributed by atoms with Crippen molar-refractivity contribution in [2.45, 2.75) is 51.4 Å². The molecule has 1 rings (SSSR count). The summed E-state index contributed by atoms with van der Waals surface area (Å²) in [5, 5.41) is 0.196. The maximum absolute atomic E-state index is 11.0. The van der Waals surface area contributed by atoms with Crippen LogP contribution in [0.5, 0.6) is 0 Å². The standard InChI is InChI=1S/C12H22O3Si/c1-12(2,3)16(4,5)14-9-10-7-6-8-11(13)15-10/h6,8,10H,7,9H2,1-5H3/t10-/m0/s1. The van der Waals surface area contributed by atoms with Gasteiger partial charge in [0.05, 0.1) is 6.61 Å². The first-order chi connectivity index (χ1) is 7.22. The number of carbonyl (C=O) groups is 1. The van der Waals surface area contributed by atoms with Crippen molar-refractivity contribution in [2.75, 3.05) is 6.61 Å². The number of cyclic esters (lactones) is 1. The molecule has 0 aliphatic carbocycles. The fraction of sp³-hybridized carbons (Fsp3) is 0.750. The van der Waals surface area contributed by atoms with Gasteiger partial charge < -0.3 is 9.16 Å². The summed E-state index contributed by atoms with van der Waals surface area (Å²) in [7, 11) is -1.73. The number of hydrogen-bond donors (Lipinski definition) is 0. The molecule has 92 valence electrons. The van der Waals surface area contributed by atoms with E-state index in [0.29, 0.717) is 6.61 Å². The molecule has 0 aromatic heterocycles. The highest BCUT2D eigenvalue weighted by molar-refractivity contribution is 6.74. The lowest BCUT2D eigenvalue weighted by atomic mass is 10.2. The van der Waals surface area contributed by atoms with Crippen molar-refractivity contribution in [3.05, 3.63) is 12.2 Å². The minimum atomic E-state index is -1.73. The molecule has 0 amide bonds. The Morgan fingerprint density at radius 1 is 1.50 bits per heavy atom. The normalized spacial score (nSPS) is 22.1. The van der Waals surface area contributed by atoms with E-state index in [1.807, 2.05) is 6.08 Å². The van der Waals surface area contributed by atoms with E-state index in [2.05, 4.69) is 33.9 Å². The summed E-state index contributed by atoms with van der Waals surface area (Å²) in [6.45, 7) is 11.5. The molecule has 1 aliphatic heterocycles. The second kappa shape index (κ2) is 4.71. The molecule has 0 bridgehead atoms. The molecule has 0 saturated carbocycles. The fourth-order valence-electron chi connectivity index (χ4n) is 1.19. The van der Waals surface area contributed by atoms with Gasteiger partial charge in [-0.05, 0) is 18.1 Å². The molecule has 0 aromatic rings. The van der Waals surface area contributed by atoms with Gasteiger partial charge in [0.2, 0.25) is 0 Å². The smallest absolute Gasteiger partial charge is 0.330 e.